The van der Waals surface area contributed by atoms with Gasteiger partial charge < -0.3 is 13.9 Å². The predicted molar refractivity (Wildman–Crippen MR) is 96.7 cm³/mol. The highest BCUT2D eigenvalue weighted by Gasteiger charge is 2.41. The van der Waals surface area contributed by atoms with Crippen LogP contribution in [-0.2, 0) is 17.9 Å². The van der Waals surface area contributed by atoms with Crippen molar-refractivity contribution in [3.05, 3.63) is 28.7 Å². The van der Waals surface area contributed by atoms with Crippen molar-refractivity contribution in [3.63, 3.8) is 0 Å². The van der Waals surface area contributed by atoms with Gasteiger partial charge in [0.05, 0.1) is 24.7 Å². The van der Waals surface area contributed by atoms with Crippen LogP contribution in [0.25, 0.3) is 0 Å². The number of carbonyl (C=O) groups is 1. The zero-order valence-electron chi connectivity index (χ0n) is 16.4. The second-order valence-corrected chi connectivity index (χ2v) is 8.09. The molecule has 0 radical (unpaired) electrons. The number of amides is 1. The Morgan fingerprint density at radius 1 is 1.11 bits per heavy atom. The lowest BCUT2D eigenvalue weighted by molar-refractivity contribution is -0.140. The van der Waals surface area contributed by atoms with Gasteiger partial charge in [0.25, 0.3) is 0 Å². The Labute approximate surface area is 158 Å². The number of aromatic nitrogens is 3. The standard InChI is InChI=1S/C19H27N5O3/c1-11(2)18-20-17(22-27-18)10-23-7-14-5-6-15(8-23)24(19(14)25)9-16-12(3)21-26-13(16)4/h11,14-15H,5-10H2,1-4H3/t14-,15+/m1/s1. The summed E-state index contributed by atoms with van der Waals surface area (Å²) in [6, 6.07) is 0.196. The van der Waals surface area contributed by atoms with Crippen molar-refractivity contribution in [2.75, 3.05) is 13.1 Å². The fourth-order valence-corrected chi connectivity index (χ4v) is 4.13. The van der Waals surface area contributed by atoms with Crippen LogP contribution in [0.4, 0.5) is 0 Å². The van der Waals surface area contributed by atoms with Crippen LogP contribution in [-0.4, -0.2) is 50.1 Å². The highest BCUT2D eigenvalue weighted by atomic mass is 16.5. The molecule has 0 saturated carbocycles. The number of piperidine rings is 1. The second kappa shape index (κ2) is 7.07. The van der Waals surface area contributed by atoms with Gasteiger partial charge in [-0.1, -0.05) is 24.2 Å². The van der Waals surface area contributed by atoms with Crippen LogP contribution in [0.3, 0.4) is 0 Å². The van der Waals surface area contributed by atoms with Crippen molar-refractivity contribution in [3.8, 4) is 0 Å². The van der Waals surface area contributed by atoms with E-state index in [-0.39, 0.29) is 23.8 Å². The summed E-state index contributed by atoms with van der Waals surface area (Å²) in [5, 5.41) is 8.14. The monoisotopic (exact) mass is 373 g/mol. The van der Waals surface area contributed by atoms with E-state index in [0.717, 1.165) is 42.9 Å². The Kier molecular flexibility index (Phi) is 4.75. The summed E-state index contributed by atoms with van der Waals surface area (Å²) in [5.74, 6) is 2.65. The highest BCUT2D eigenvalue weighted by Crippen LogP contribution is 2.32. The molecule has 5 heterocycles. The summed E-state index contributed by atoms with van der Waals surface area (Å²) in [4.78, 5) is 21.9. The van der Waals surface area contributed by atoms with Crippen molar-refractivity contribution in [1.29, 1.82) is 0 Å². The summed E-state index contributed by atoms with van der Waals surface area (Å²) >= 11 is 0. The van der Waals surface area contributed by atoms with Crippen LogP contribution in [0.1, 0.15) is 61.3 Å². The molecule has 8 nitrogen and oxygen atoms in total. The van der Waals surface area contributed by atoms with Gasteiger partial charge in [0, 0.05) is 30.6 Å². The van der Waals surface area contributed by atoms with Crippen LogP contribution in [0, 0.1) is 19.8 Å². The van der Waals surface area contributed by atoms with E-state index in [9.17, 15) is 4.79 Å². The molecule has 0 aliphatic carbocycles. The molecule has 3 saturated heterocycles. The third-order valence-electron chi connectivity index (χ3n) is 5.72. The van der Waals surface area contributed by atoms with Crippen LogP contribution >= 0.6 is 0 Å². The molecule has 8 heteroatoms. The first kappa shape index (κ1) is 18.2. The first-order chi connectivity index (χ1) is 12.9. The molecule has 0 unspecified atom stereocenters. The average Bonchev–Trinajstić information content (AvgIpc) is 3.11. The third kappa shape index (κ3) is 3.50. The van der Waals surface area contributed by atoms with Gasteiger partial charge in [0.15, 0.2) is 5.82 Å². The van der Waals surface area contributed by atoms with Gasteiger partial charge in [-0.2, -0.15) is 4.98 Å². The Morgan fingerprint density at radius 3 is 2.59 bits per heavy atom. The molecule has 3 aliphatic heterocycles. The molecule has 3 aliphatic rings. The molecule has 2 aromatic heterocycles. The molecule has 2 atom stereocenters. The number of hydrogen-bond donors (Lipinski definition) is 0. The van der Waals surface area contributed by atoms with Crippen LogP contribution in [0.5, 0.6) is 0 Å². The van der Waals surface area contributed by atoms with Gasteiger partial charge in [-0.3, -0.25) is 9.69 Å². The maximum Gasteiger partial charge on any atom is 0.229 e. The number of carbonyl (C=O) groups excluding carboxylic acids is 1. The van der Waals surface area contributed by atoms with Crippen molar-refractivity contribution in [1.82, 2.24) is 25.1 Å². The summed E-state index contributed by atoms with van der Waals surface area (Å²) in [6.07, 6.45) is 1.97. The molecular formula is C19H27N5O3. The van der Waals surface area contributed by atoms with E-state index in [1.807, 2.05) is 32.6 Å². The first-order valence-corrected chi connectivity index (χ1v) is 9.69. The second-order valence-electron chi connectivity index (χ2n) is 8.09. The summed E-state index contributed by atoms with van der Waals surface area (Å²) in [5.41, 5.74) is 1.90. The van der Waals surface area contributed by atoms with E-state index >= 15 is 0 Å². The minimum absolute atomic E-state index is 0.0284. The molecule has 0 aromatic carbocycles. The van der Waals surface area contributed by atoms with Crippen LogP contribution < -0.4 is 0 Å². The molecule has 3 fully saturated rings. The van der Waals surface area contributed by atoms with E-state index < -0.39 is 0 Å². The van der Waals surface area contributed by atoms with Crippen molar-refractivity contribution in [2.45, 2.75) is 65.6 Å². The molecule has 1 amide bonds. The average molecular weight is 373 g/mol. The number of aryl methyl sites for hydroxylation is 2. The van der Waals surface area contributed by atoms with Gasteiger partial charge in [0.1, 0.15) is 5.76 Å². The predicted octanol–water partition coefficient (Wildman–Crippen LogP) is 2.42. The van der Waals surface area contributed by atoms with Crippen molar-refractivity contribution < 1.29 is 13.8 Å². The molecule has 0 N–H and O–H groups in total. The largest absolute Gasteiger partial charge is 0.361 e. The zero-order chi connectivity index (χ0) is 19.1. The Balaban J connectivity index is 1.50. The molecule has 2 aromatic rings. The topological polar surface area (TPSA) is 88.5 Å². The number of hydrogen-bond acceptors (Lipinski definition) is 7. The quantitative estimate of drug-likeness (QED) is 0.795. The van der Waals surface area contributed by atoms with E-state index in [4.69, 9.17) is 9.05 Å². The summed E-state index contributed by atoms with van der Waals surface area (Å²) < 4.78 is 10.6. The van der Waals surface area contributed by atoms with Crippen LogP contribution in [0.2, 0.25) is 0 Å². The lowest BCUT2D eigenvalue weighted by Crippen LogP contribution is -2.47. The van der Waals surface area contributed by atoms with Gasteiger partial charge in [0.2, 0.25) is 11.8 Å². The fraction of sp³-hybridized carbons (Fsp3) is 0.684. The minimum Gasteiger partial charge on any atom is -0.361 e. The first-order valence-electron chi connectivity index (χ1n) is 9.69. The summed E-state index contributed by atoms with van der Waals surface area (Å²) in [6.45, 7) is 10.7. The number of nitrogens with zero attached hydrogens (tertiary/aromatic N) is 5. The Bertz CT molecular complexity index is 808. The number of fused-ring (bicyclic) bond motifs is 4. The third-order valence-corrected chi connectivity index (χ3v) is 5.72. The maximum atomic E-state index is 13.0. The molecule has 27 heavy (non-hydrogen) atoms. The van der Waals surface area contributed by atoms with E-state index in [1.54, 1.807) is 0 Å². The van der Waals surface area contributed by atoms with Crippen molar-refractivity contribution >= 4 is 5.91 Å². The Morgan fingerprint density at radius 2 is 1.93 bits per heavy atom. The minimum atomic E-state index is 0.0284. The van der Waals surface area contributed by atoms with E-state index in [1.165, 1.54) is 0 Å². The molecule has 2 bridgehead atoms. The SMILES string of the molecule is Cc1noc(C)c1CN1C(=O)[C@@H]2CC[C@H]1CN(Cc1noc(C(C)C)n1)C2. The smallest absolute Gasteiger partial charge is 0.229 e. The summed E-state index contributed by atoms with van der Waals surface area (Å²) in [7, 11) is 0. The highest BCUT2D eigenvalue weighted by molar-refractivity contribution is 5.80. The molecule has 5 rings (SSSR count). The van der Waals surface area contributed by atoms with E-state index in [0.29, 0.717) is 24.8 Å². The normalized spacial score (nSPS) is 23.4. The van der Waals surface area contributed by atoms with Gasteiger partial charge in [-0.15, -0.1) is 0 Å². The Hall–Kier alpha value is -2.22. The van der Waals surface area contributed by atoms with E-state index in [2.05, 4.69) is 20.2 Å². The van der Waals surface area contributed by atoms with Gasteiger partial charge >= 0.3 is 0 Å². The lowest BCUT2D eigenvalue weighted by atomic mass is 9.93. The molecular weight excluding hydrogens is 346 g/mol. The molecule has 0 spiro atoms. The molecule has 146 valence electrons. The maximum absolute atomic E-state index is 13.0. The lowest BCUT2D eigenvalue weighted by Gasteiger charge is -2.36. The zero-order valence-corrected chi connectivity index (χ0v) is 16.4. The fourth-order valence-electron chi connectivity index (χ4n) is 4.13. The number of rotatable bonds is 5. The van der Waals surface area contributed by atoms with Gasteiger partial charge in [-0.25, -0.2) is 0 Å². The van der Waals surface area contributed by atoms with Gasteiger partial charge in [-0.05, 0) is 26.7 Å². The van der Waals surface area contributed by atoms with Crippen LogP contribution in [0.15, 0.2) is 9.05 Å². The van der Waals surface area contributed by atoms with Crippen molar-refractivity contribution in [2.24, 2.45) is 5.92 Å².